The fourth-order valence-corrected chi connectivity index (χ4v) is 1.78. The minimum atomic E-state index is -0.383. The molecule has 1 aromatic carbocycles. The third-order valence-electron chi connectivity index (χ3n) is 2.99. The number of carbonyl (C=O) groups excluding carboxylic acids is 1. The number of furan rings is 1. The Labute approximate surface area is 106 Å². The maximum absolute atomic E-state index is 11.9. The van der Waals surface area contributed by atoms with Gasteiger partial charge in [-0.15, -0.1) is 0 Å². The van der Waals surface area contributed by atoms with Crippen LogP contribution in [0.15, 0.2) is 41.0 Å². The van der Waals surface area contributed by atoms with Crippen molar-refractivity contribution in [3.8, 4) is 0 Å². The van der Waals surface area contributed by atoms with Gasteiger partial charge in [0.05, 0.1) is 11.8 Å². The Morgan fingerprint density at radius 2 is 1.89 bits per heavy atom. The topological polar surface area (TPSA) is 39.4 Å². The molecule has 1 atom stereocenters. The lowest BCUT2D eigenvalue weighted by atomic mass is 10.1. The Morgan fingerprint density at radius 3 is 2.44 bits per heavy atom. The van der Waals surface area contributed by atoms with Gasteiger partial charge in [0.1, 0.15) is 5.76 Å². The molecule has 2 rings (SSSR count). The largest absolute Gasteiger partial charge is 0.465 e. The molecule has 0 N–H and O–H groups in total. The number of carbonyl (C=O) groups is 1. The average Bonchev–Trinajstić information content (AvgIpc) is 2.71. The first-order chi connectivity index (χ1) is 8.59. The number of esters is 1. The molecule has 1 unspecified atom stereocenters. The average molecular weight is 244 g/mol. The molecule has 0 aliphatic heterocycles. The summed E-state index contributed by atoms with van der Waals surface area (Å²) in [5, 5.41) is 0. The van der Waals surface area contributed by atoms with Gasteiger partial charge < -0.3 is 9.15 Å². The van der Waals surface area contributed by atoms with Crippen molar-refractivity contribution < 1.29 is 13.9 Å². The normalized spacial score (nSPS) is 12.2. The predicted octanol–water partition coefficient (Wildman–Crippen LogP) is 3.81. The van der Waals surface area contributed by atoms with Gasteiger partial charge in [0.25, 0.3) is 0 Å². The lowest BCUT2D eigenvalue weighted by Crippen LogP contribution is -2.09. The number of hydrogen-bond acceptors (Lipinski definition) is 3. The molecule has 2 aromatic rings. The van der Waals surface area contributed by atoms with Crippen LogP contribution in [0.1, 0.15) is 40.3 Å². The van der Waals surface area contributed by atoms with E-state index in [2.05, 4.69) is 0 Å². The second-order valence-electron chi connectivity index (χ2n) is 4.32. The minimum Gasteiger partial charge on any atom is -0.465 e. The van der Waals surface area contributed by atoms with E-state index in [4.69, 9.17) is 9.15 Å². The molecule has 0 saturated carbocycles. The highest BCUT2D eigenvalue weighted by molar-refractivity contribution is 5.89. The van der Waals surface area contributed by atoms with Gasteiger partial charge in [-0.25, -0.2) is 4.79 Å². The number of hydrogen-bond donors (Lipinski definition) is 0. The lowest BCUT2D eigenvalue weighted by Gasteiger charge is -2.12. The van der Waals surface area contributed by atoms with Gasteiger partial charge >= 0.3 is 5.97 Å². The van der Waals surface area contributed by atoms with E-state index in [-0.39, 0.29) is 12.1 Å². The fourth-order valence-electron chi connectivity index (χ4n) is 1.78. The maximum atomic E-state index is 11.9. The first kappa shape index (κ1) is 12.4. The number of benzene rings is 1. The summed E-state index contributed by atoms with van der Waals surface area (Å²) in [4.78, 5) is 11.9. The zero-order chi connectivity index (χ0) is 13.1. The second-order valence-corrected chi connectivity index (χ2v) is 4.32. The van der Waals surface area contributed by atoms with E-state index in [1.807, 2.05) is 39.0 Å². The summed E-state index contributed by atoms with van der Waals surface area (Å²) >= 11 is 0. The summed E-state index contributed by atoms with van der Waals surface area (Å²) in [6, 6.07) is 8.94. The van der Waals surface area contributed by atoms with Gasteiger partial charge in [-0.2, -0.15) is 0 Å². The second kappa shape index (κ2) is 5.08. The van der Waals surface area contributed by atoms with Crippen LogP contribution in [0.3, 0.4) is 0 Å². The third kappa shape index (κ3) is 2.45. The number of ether oxygens (including phenoxy) is 1. The van der Waals surface area contributed by atoms with E-state index in [0.29, 0.717) is 11.3 Å². The predicted molar refractivity (Wildman–Crippen MR) is 68.5 cm³/mol. The smallest absolute Gasteiger partial charge is 0.338 e. The molecule has 0 spiro atoms. The van der Waals surface area contributed by atoms with Crippen LogP contribution in [0.4, 0.5) is 0 Å². The van der Waals surface area contributed by atoms with Crippen molar-refractivity contribution in [3.63, 3.8) is 0 Å². The Hall–Kier alpha value is -2.03. The summed E-state index contributed by atoms with van der Waals surface area (Å²) in [6.45, 7) is 5.74. The molecular formula is C15H16O3. The molecule has 0 aliphatic carbocycles. The first-order valence-corrected chi connectivity index (χ1v) is 5.90. The summed E-state index contributed by atoms with van der Waals surface area (Å²) in [5.41, 5.74) is 2.64. The van der Waals surface area contributed by atoms with Crippen molar-refractivity contribution in [2.24, 2.45) is 0 Å². The molecule has 3 nitrogen and oxygen atoms in total. The Kier molecular flexibility index (Phi) is 3.51. The van der Waals surface area contributed by atoms with E-state index in [9.17, 15) is 4.79 Å². The van der Waals surface area contributed by atoms with Crippen molar-refractivity contribution in [2.45, 2.75) is 26.9 Å². The molecule has 0 fully saturated rings. The van der Waals surface area contributed by atoms with Gasteiger partial charge in [0.2, 0.25) is 0 Å². The van der Waals surface area contributed by atoms with Crippen LogP contribution >= 0.6 is 0 Å². The van der Waals surface area contributed by atoms with Crippen LogP contribution in [-0.2, 0) is 4.74 Å². The van der Waals surface area contributed by atoms with Crippen molar-refractivity contribution in [2.75, 3.05) is 0 Å². The van der Waals surface area contributed by atoms with E-state index in [1.54, 1.807) is 18.4 Å². The molecule has 0 amide bonds. The van der Waals surface area contributed by atoms with Crippen molar-refractivity contribution in [1.82, 2.24) is 0 Å². The van der Waals surface area contributed by atoms with Crippen LogP contribution in [0.2, 0.25) is 0 Å². The van der Waals surface area contributed by atoms with Crippen molar-refractivity contribution >= 4 is 5.97 Å². The zero-order valence-electron chi connectivity index (χ0n) is 10.8. The van der Waals surface area contributed by atoms with Crippen LogP contribution in [0, 0.1) is 13.8 Å². The quantitative estimate of drug-likeness (QED) is 0.770. The SMILES string of the molecule is Cc1coc(C(C)OC(=O)c2ccccc2)c1C. The number of rotatable bonds is 3. The molecule has 1 heterocycles. The molecule has 1 aromatic heterocycles. The van der Waals surface area contributed by atoms with Crippen molar-refractivity contribution in [3.05, 3.63) is 59.0 Å². The van der Waals surface area contributed by atoms with Gasteiger partial charge in [-0.3, -0.25) is 0 Å². The van der Waals surface area contributed by atoms with Gasteiger partial charge in [0.15, 0.2) is 6.10 Å². The van der Waals surface area contributed by atoms with Crippen LogP contribution < -0.4 is 0 Å². The van der Waals surface area contributed by atoms with Crippen molar-refractivity contribution in [1.29, 1.82) is 0 Å². The Balaban J connectivity index is 2.11. The molecule has 18 heavy (non-hydrogen) atoms. The highest BCUT2D eigenvalue weighted by atomic mass is 16.6. The summed E-state index contributed by atoms with van der Waals surface area (Å²) in [6.07, 6.45) is 1.30. The zero-order valence-corrected chi connectivity index (χ0v) is 10.8. The minimum absolute atomic E-state index is 0.337. The summed E-state index contributed by atoms with van der Waals surface area (Å²) in [5.74, 6) is 0.369. The molecule has 0 bridgehead atoms. The van der Waals surface area contributed by atoms with Gasteiger partial charge in [-0.05, 0) is 44.0 Å². The first-order valence-electron chi connectivity index (χ1n) is 5.90. The maximum Gasteiger partial charge on any atom is 0.338 e. The van der Waals surface area contributed by atoms with E-state index >= 15 is 0 Å². The third-order valence-corrected chi connectivity index (χ3v) is 2.99. The number of aryl methyl sites for hydroxylation is 1. The summed E-state index contributed by atoms with van der Waals surface area (Å²) in [7, 11) is 0. The molecule has 0 saturated heterocycles. The monoisotopic (exact) mass is 244 g/mol. The van der Waals surface area contributed by atoms with Gasteiger partial charge in [-0.1, -0.05) is 18.2 Å². The van der Waals surface area contributed by atoms with Gasteiger partial charge in [0, 0.05) is 0 Å². The van der Waals surface area contributed by atoms with E-state index in [0.717, 1.165) is 11.1 Å². The highest BCUT2D eigenvalue weighted by Gasteiger charge is 2.19. The Bertz CT molecular complexity index is 540. The Morgan fingerprint density at radius 1 is 1.22 bits per heavy atom. The van der Waals surface area contributed by atoms with Crippen LogP contribution in [-0.4, -0.2) is 5.97 Å². The standard InChI is InChI=1S/C15H16O3/c1-10-9-17-14(11(10)2)12(3)18-15(16)13-7-5-4-6-8-13/h4-9,12H,1-3H3. The molecule has 0 aliphatic rings. The van der Waals surface area contributed by atoms with Crippen LogP contribution in [0.5, 0.6) is 0 Å². The molecule has 0 radical (unpaired) electrons. The van der Waals surface area contributed by atoms with Crippen LogP contribution in [0.25, 0.3) is 0 Å². The fraction of sp³-hybridized carbons (Fsp3) is 0.267. The molecule has 94 valence electrons. The van der Waals surface area contributed by atoms with E-state index in [1.165, 1.54) is 0 Å². The van der Waals surface area contributed by atoms with E-state index < -0.39 is 0 Å². The summed E-state index contributed by atoms with van der Waals surface area (Å²) < 4.78 is 10.8. The lowest BCUT2D eigenvalue weighted by molar-refractivity contribution is 0.0290. The molecular weight excluding hydrogens is 228 g/mol. The molecule has 3 heteroatoms. The highest BCUT2D eigenvalue weighted by Crippen LogP contribution is 2.25.